The molecule has 3 heteroatoms. The number of rotatable bonds is 4. The van der Waals surface area contributed by atoms with Gasteiger partial charge in [0, 0.05) is 0 Å². The molecule has 0 aromatic rings. The van der Waals surface area contributed by atoms with Gasteiger partial charge in [0.25, 0.3) is 0 Å². The highest BCUT2D eigenvalue weighted by Crippen LogP contribution is 2.61. The van der Waals surface area contributed by atoms with Crippen LogP contribution in [0.1, 0.15) is 67.2 Å². The van der Waals surface area contributed by atoms with Crippen molar-refractivity contribution in [3.8, 4) is 0 Å². The largest absolute Gasteiger partial charge is 0.509 e. The van der Waals surface area contributed by atoms with Crippen LogP contribution in [0.3, 0.4) is 0 Å². The summed E-state index contributed by atoms with van der Waals surface area (Å²) < 4.78 is 11.4. The Hall–Kier alpha value is -1.25. The van der Waals surface area contributed by atoms with E-state index in [0.717, 1.165) is 24.7 Å². The molecule has 0 spiro atoms. The van der Waals surface area contributed by atoms with Crippen LogP contribution in [-0.4, -0.2) is 18.4 Å². The van der Waals surface area contributed by atoms with Crippen molar-refractivity contribution in [2.75, 3.05) is 0 Å². The van der Waals surface area contributed by atoms with Crippen LogP contribution in [0, 0.1) is 34.5 Å². The Kier molecular flexibility index (Phi) is 4.09. The molecule has 0 aromatic heterocycles. The molecule has 0 saturated heterocycles. The van der Waals surface area contributed by atoms with E-state index in [0.29, 0.717) is 22.7 Å². The van der Waals surface area contributed by atoms with Gasteiger partial charge in [-0.05, 0) is 85.2 Å². The minimum absolute atomic E-state index is 0.190. The van der Waals surface area contributed by atoms with Crippen LogP contribution in [0.25, 0.3) is 0 Å². The van der Waals surface area contributed by atoms with E-state index in [4.69, 9.17) is 9.47 Å². The Morgan fingerprint density at radius 3 is 1.58 bits per heavy atom. The minimum atomic E-state index is -0.523. The number of hydrogen-bond donors (Lipinski definition) is 0. The molecule has 0 N–H and O–H groups in total. The van der Waals surface area contributed by atoms with E-state index < -0.39 is 6.16 Å². The lowest BCUT2D eigenvalue weighted by atomic mass is 9.48. The van der Waals surface area contributed by atoms with Gasteiger partial charge in [0.2, 0.25) is 0 Å². The molecule has 3 nitrogen and oxygen atoms in total. The monoisotopic (exact) mass is 358 g/mol. The second-order valence-corrected chi connectivity index (χ2v) is 10.3. The Bertz CT molecular complexity index is 613. The molecule has 0 radical (unpaired) electrons. The number of carbonyl (C=O) groups is 1. The molecule has 2 saturated carbocycles. The van der Waals surface area contributed by atoms with Crippen molar-refractivity contribution in [2.45, 2.75) is 79.4 Å². The predicted octanol–water partition coefficient (Wildman–Crippen LogP) is 5.90. The third kappa shape index (κ3) is 2.57. The molecule has 2 unspecified atom stereocenters. The van der Waals surface area contributed by atoms with Gasteiger partial charge in [-0.25, -0.2) is 4.79 Å². The molecule has 6 aliphatic rings. The molecule has 6 rings (SSSR count). The van der Waals surface area contributed by atoms with Gasteiger partial charge in [-0.3, -0.25) is 0 Å². The zero-order valence-corrected chi connectivity index (χ0v) is 17.2. The van der Waals surface area contributed by atoms with Gasteiger partial charge in [-0.1, -0.05) is 39.8 Å². The number of ether oxygens (including phenoxy) is 2. The lowest BCUT2D eigenvalue weighted by Crippen LogP contribution is -2.50. The first kappa shape index (κ1) is 18.1. The zero-order chi connectivity index (χ0) is 18.9. The third-order valence-corrected chi connectivity index (χ3v) is 8.51. The van der Waals surface area contributed by atoms with Crippen LogP contribution in [0.15, 0.2) is 23.3 Å². The first-order chi connectivity index (χ1) is 12.1. The quantitative estimate of drug-likeness (QED) is 0.463. The lowest BCUT2D eigenvalue weighted by molar-refractivity contribution is -0.0414. The van der Waals surface area contributed by atoms with Crippen molar-refractivity contribution < 1.29 is 14.3 Å². The highest BCUT2D eigenvalue weighted by molar-refractivity contribution is 5.61. The minimum Gasteiger partial charge on any atom is -0.427 e. The van der Waals surface area contributed by atoms with E-state index in [1.807, 2.05) is 13.8 Å². The molecular weight excluding hydrogens is 324 g/mol. The Morgan fingerprint density at radius 2 is 1.27 bits per heavy atom. The van der Waals surface area contributed by atoms with Gasteiger partial charge in [0.15, 0.2) is 0 Å². The van der Waals surface area contributed by atoms with Gasteiger partial charge in [-0.2, -0.15) is 0 Å². The maximum Gasteiger partial charge on any atom is 0.509 e. The van der Waals surface area contributed by atoms with E-state index in [9.17, 15) is 4.79 Å². The third-order valence-electron chi connectivity index (χ3n) is 8.51. The van der Waals surface area contributed by atoms with Crippen molar-refractivity contribution >= 4 is 6.16 Å². The molecule has 2 fully saturated rings. The Labute approximate surface area is 158 Å². The molecule has 0 amide bonds. The number of carbonyl (C=O) groups excluding carboxylic acids is 1. The highest BCUT2D eigenvalue weighted by atomic mass is 16.7. The summed E-state index contributed by atoms with van der Waals surface area (Å²) in [6.45, 7) is 13.4. The van der Waals surface area contributed by atoms with Crippen molar-refractivity contribution in [3.63, 3.8) is 0 Å². The average Bonchev–Trinajstić information content (AvgIpc) is 2.61. The van der Waals surface area contributed by atoms with Crippen molar-refractivity contribution in [1.29, 1.82) is 0 Å². The summed E-state index contributed by atoms with van der Waals surface area (Å²) in [6.07, 6.45) is 8.40. The smallest absolute Gasteiger partial charge is 0.427 e. The molecule has 144 valence electrons. The lowest BCUT2D eigenvalue weighted by Gasteiger charge is -2.57. The zero-order valence-electron chi connectivity index (χ0n) is 17.2. The van der Waals surface area contributed by atoms with Gasteiger partial charge >= 0.3 is 6.16 Å². The summed E-state index contributed by atoms with van der Waals surface area (Å²) in [5.74, 6) is 2.69. The van der Waals surface area contributed by atoms with Crippen molar-refractivity contribution in [2.24, 2.45) is 34.5 Å². The van der Waals surface area contributed by atoms with E-state index >= 15 is 0 Å². The van der Waals surface area contributed by atoms with Crippen LogP contribution >= 0.6 is 0 Å². The van der Waals surface area contributed by atoms with Crippen molar-refractivity contribution in [3.05, 3.63) is 23.3 Å². The summed E-state index contributed by atoms with van der Waals surface area (Å²) >= 11 is 0. The fourth-order valence-electron chi connectivity index (χ4n) is 6.16. The Morgan fingerprint density at radius 1 is 0.885 bits per heavy atom. The van der Waals surface area contributed by atoms with Crippen molar-refractivity contribution in [1.82, 2.24) is 0 Å². The summed E-state index contributed by atoms with van der Waals surface area (Å²) in [5, 5.41) is 0. The van der Waals surface area contributed by atoms with Crippen LogP contribution in [0.2, 0.25) is 0 Å². The van der Waals surface area contributed by atoms with Crippen LogP contribution in [-0.2, 0) is 9.47 Å². The number of allylic oxidation sites excluding steroid dienone is 2. The normalized spacial score (nSPS) is 37.9. The maximum absolute atomic E-state index is 12.4. The van der Waals surface area contributed by atoms with E-state index in [2.05, 4.69) is 39.8 Å². The van der Waals surface area contributed by atoms with Crippen LogP contribution < -0.4 is 0 Å². The first-order valence-electron chi connectivity index (χ1n) is 10.4. The summed E-state index contributed by atoms with van der Waals surface area (Å²) in [6, 6.07) is 0. The average molecular weight is 359 g/mol. The molecule has 0 aromatic carbocycles. The Balaban J connectivity index is 1.34. The second-order valence-electron chi connectivity index (χ2n) is 10.3. The molecule has 26 heavy (non-hydrogen) atoms. The van der Waals surface area contributed by atoms with E-state index in [1.54, 1.807) is 0 Å². The van der Waals surface area contributed by atoms with Gasteiger partial charge in [-0.15, -0.1) is 0 Å². The molecular formula is C23H34O3. The molecule has 4 bridgehead atoms. The summed E-state index contributed by atoms with van der Waals surface area (Å²) in [7, 11) is 0. The fourth-order valence-corrected chi connectivity index (χ4v) is 6.16. The predicted molar refractivity (Wildman–Crippen MR) is 103 cm³/mol. The summed E-state index contributed by atoms with van der Waals surface area (Å²) in [4.78, 5) is 12.4. The summed E-state index contributed by atoms with van der Waals surface area (Å²) in [5.41, 5.74) is 3.28. The molecule has 6 aliphatic carbocycles. The molecule has 6 atom stereocenters. The number of hydrogen-bond acceptors (Lipinski definition) is 3. The SMILES string of the molecule is CC(OC(=O)OC(C)C1=CC[C@H]2C[C@@H]1C2(C)C)C1=CC[C@H]2C[C@@H]1C2(C)C. The highest BCUT2D eigenvalue weighted by Gasteiger charge is 2.53. The van der Waals surface area contributed by atoms with E-state index in [-0.39, 0.29) is 12.2 Å². The standard InChI is InChI=1S/C23H34O3/c1-13(17-9-7-15-11-19(17)22(15,3)4)25-21(24)26-14(2)18-10-8-16-12-20(18)23(16,5)6/h9-10,13-16,19-20H,7-8,11-12H2,1-6H3/t13?,14?,15-,16-,19-,20-/m0/s1. The number of fused-ring (bicyclic) bond motifs is 2. The molecule has 0 heterocycles. The van der Waals surface area contributed by atoms with Crippen LogP contribution in [0.4, 0.5) is 4.79 Å². The topological polar surface area (TPSA) is 35.5 Å². The fraction of sp³-hybridized carbons (Fsp3) is 0.783. The van der Waals surface area contributed by atoms with Gasteiger partial charge in [0.1, 0.15) is 12.2 Å². The van der Waals surface area contributed by atoms with Crippen LogP contribution in [0.5, 0.6) is 0 Å². The van der Waals surface area contributed by atoms with Gasteiger partial charge < -0.3 is 9.47 Å². The first-order valence-corrected chi connectivity index (χ1v) is 10.4. The van der Waals surface area contributed by atoms with Gasteiger partial charge in [0.05, 0.1) is 0 Å². The molecule has 0 aliphatic heterocycles. The maximum atomic E-state index is 12.4. The second kappa shape index (κ2) is 5.87. The van der Waals surface area contributed by atoms with E-state index in [1.165, 1.54) is 24.0 Å².